The maximum absolute atomic E-state index is 13.6. The highest BCUT2D eigenvalue weighted by molar-refractivity contribution is 5.94. The number of hydrogen-bond donors (Lipinski definition) is 0. The first-order valence-corrected chi connectivity index (χ1v) is 11.1. The minimum absolute atomic E-state index is 0.0284. The van der Waals surface area contributed by atoms with Crippen molar-refractivity contribution < 1.29 is 9.18 Å². The summed E-state index contributed by atoms with van der Waals surface area (Å²) in [4.78, 5) is 23.1. The summed E-state index contributed by atoms with van der Waals surface area (Å²) in [6.07, 6.45) is 10.4. The molecule has 1 aromatic rings. The van der Waals surface area contributed by atoms with E-state index in [9.17, 15) is 9.18 Å². The summed E-state index contributed by atoms with van der Waals surface area (Å²) in [6.45, 7) is 11.6. The van der Waals surface area contributed by atoms with Crippen molar-refractivity contribution in [3.63, 3.8) is 0 Å². The van der Waals surface area contributed by atoms with Gasteiger partial charge in [-0.3, -0.25) is 4.79 Å². The van der Waals surface area contributed by atoms with Crippen LogP contribution < -0.4 is 14.7 Å². The van der Waals surface area contributed by atoms with E-state index >= 15 is 0 Å². The zero-order valence-electron chi connectivity index (χ0n) is 19.1. The zero-order chi connectivity index (χ0) is 22.5. The molecular weight excluding hydrogens is 391 g/mol. The fourth-order valence-electron chi connectivity index (χ4n) is 4.20. The van der Waals surface area contributed by atoms with E-state index in [4.69, 9.17) is 4.98 Å². The van der Waals surface area contributed by atoms with Crippen molar-refractivity contribution in [2.75, 3.05) is 34.8 Å². The van der Waals surface area contributed by atoms with Gasteiger partial charge in [-0.05, 0) is 69.4 Å². The van der Waals surface area contributed by atoms with E-state index < -0.39 is 0 Å². The summed E-state index contributed by atoms with van der Waals surface area (Å²) in [7, 11) is 1.78. The van der Waals surface area contributed by atoms with Crippen LogP contribution in [0.4, 0.5) is 21.7 Å². The van der Waals surface area contributed by atoms with Crippen molar-refractivity contribution in [1.82, 2.24) is 4.98 Å². The highest BCUT2D eigenvalue weighted by atomic mass is 19.1. The van der Waals surface area contributed by atoms with Gasteiger partial charge in [-0.15, -0.1) is 0 Å². The van der Waals surface area contributed by atoms with Crippen LogP contribution in [0.2, 0.25) is 0 Å². The Morgan fingerprint density at radius 2 is 2.00 bits per heavy atom. The average molecular weight is 425 g/mol. The fraction of sp³-hybridized carbons (Fsp3) is 0.440. The first-order chi connectivity index (χ1) is 14.8. The second-order valence-corrected chi connectivity index (χ2v) is 8.03. The molecule has 0 aromatic carbocycles. The van der Waals surface area contributed by atoms with Gasteiger partial charge in [0.25, 0.3) is 0 Å². The summed E-state index contributed by atoms with van der Waals surface area (Å²) in [5, 5.41) is 0. The third-order valence-electron chi connectivity index (χ3n) is 6.08. The number of aromatic nitrogens is 1. The van der Waals surface area contributed by atoms with Gasteiger partial charge in [0.05, 0.1) is 5.69 Å². The number of amides is 1. The molecule has 0 spiro atoms. The van der Waals surface area contributed by atoms with E-state index in [1.807, 2.05) is 18.2 Å². The summed E-state index contributed by atoms with van der Waals surface area (Å²) in [5.74, 6) is 1.44. The third kappa shape index (κ3) is 5.06. The number of carbonyl (C=O) groups excluding carboxylic acids is 1. The maximum atomic E-state index is 13.6. The molecule has 1 aliphatic heterocycles. The quantitative estimate of drug-likeness (QED) is 0.578. The lowest BCUT2D eigenvalue weighted by atomic mass is 10.0. The van der Waals surface area contributed by atoms with Crippen LogP contribution in [0.1, 0.15) is 46.5 Å². The number of hydrogen-bond acceptors (Lipinski definition) is 4. The van der Waals surface area contributed by atoms with Crippen LogP contribution in [0.15, 0.2) is 60.1 Å². The van der Waals surface area contributed by atoms with Crippen molar-refractivity contribution in [1.29, 1.82) is 0 Å². The molecular formula is C25H33FN4O. The van der Waals surface area contributed by atoms with Gasteiger partial charge in [-0.1, -0.05) is 18.7 Å². The topological polar surface area (TPSA) is 39.7 Å². The van der Waals surface area contributed by atoms with Gasteiger partial charge in [0.1, 0.15) is 11.6 Å². The molecule has 166 valence electrons. The molecule has 1 fully saturated rings. The Bertz CT molecular complexity index is 929. The molecule has 31 heavy (non-hydrogen) atoms. The largest absolute Gasteiger partial charge is 0.355 e. The Balaban J connectivity index is 1.94. The van der Waals surface area contributed by atoms with E-state index in [0.29, 0.717) is 6.42 Å². The van der Waals surface area contributed by atoms with E-state index in [1.165, 1.54) is 6.08 Å². The smallest absolute Gasteiger partial charge is 0.223 e. The Morgan fingerprint density at radius 1 is 1.26 bits per heavy atom. The summed E-state index contributed by atoms with van der Waals surface area (Å²) >= 11 is 0. The van der Waals surface area contributed by atoms with Crippen molar-refractivity contribution >= 4 is 23.2 Å². The van der Waals surface area contributed by atoms with Crippen LogP contribution in [-0.4, -0.2) is 37.1 Å². The van der Waals surface area contributed by atoms with Crippen LogP contribution in [0.25, 0.3) is 0 Å². The predicted molar refractivity (Wildman–Crippen MR) is 127 cm³/mol. The second-order valence-electron chi connectivity index (χ2n) is 8.03. The number of allylic oxidation sites excluding steroid dienone is 6. The molecule has 2 aliphatic rings. The van der Waals surface area contributed by atoms with Crippen molar-refractivity contribution in [2.24, 2.45) is 0 Å². The van der Waals surface area contributed by atoms with E-state index in [1.54, 1.807) is 24.9 Å². The molecule has 0 bridgehead atoms. The van der Waals surface area contributed by atoms with Crippen LogP contribution in [0.5, 0.6) is 0 Å². The number of nitrogens with zero attached hydrogens (tertiary/aromatic N) is 4. The number of pyridine rings is 1. The Hall–Kier alpha value is -2.89. The lowest BCUT2D eigenvalue weighted by Crippen LogP contribution is -2.32. The van der Waals surface area contributed by atoms with Crippen LogP contribution >= 0.6 is 0 Å². The van der Waals surface area contributed by atoms with Crippen LogP contribution in [0.3, 0.4) is 0 Å². The monoisotopic (exact) mass is 424 g/mol. The van der Waals surface area contributed by atoms with Crippen LogP contribution in [-0.2, 0) is 4.79 Å². The minimum Gasteiger partial charge on any atom is -0.355 e. The van der Waals surface area contributed by atoms with E-state index in [2.05, 4.69) is 36.3 Å². The molecule has 1 atom stereocenters. The normalized spacial score (nSPS) is 18.5. The van der Waals surface area contributed by atoms with Gasteiger partial charge in [0.2, 0.25) is 5.91 Å². The third-order valence-corrected chi connectivity index (χ3v) is 6.08. The second kappa shape index (κ2) is 9.94. The number of rotatable bonds is 7. The van der Waals surface area contributed by atoms with Gasteiger partial charge < -0.3 is 14.7 Å². The highest BCUT2D eigenvalue weighted by Gasteiger charge is 2.30. The fourth-order valence-corrected chi connectivity index (χ4v) is 4.20. The molecule has 0 radical (unpaired) electrons. The minimum atomic E-state index is -0.186. The molecule has 0 N–H and O–H groups in total. The molecule has 1 aromatic heterocycles. The van der Waals surface area contributed by atoms with Crippen molar-refractivity contribution in [2.45, 2.75) is 52.5 Å². The highest BCUT2D eigenvalue weighted by Crippen LogP contribution is 2.38. The summed E-state index contributed by atoms with van der Waals surface area (Å²) in [5.41, 5.74) is 2.97. The molecule has 0 saturated carbocycles. The summed E-state index contributed by atoms with van der Waals surface area (Å²) in [6, 6.07) is 4.17. The standard InChI is InChI=1S/C25H33FN4O/c1-6-29(7-2)25-23(28(5)19(4)31)15-16-24(27-25)30-18(3)11-14-22(30)17-20-9-8-10-21(26)13-12-20/h9-10,12-13,15-16,22H,3,6-8,11,14,17H2,1-2,4-5H3. The van der Waals surface area contributed by atoms with Gasteiger partial charge >= 0.3 is 0 Å². The summed E-state index contributed by atoms with van der Waals surface area (Å²) < 4.78 is 13.6. The number of anilines is 3. The number of halogens is 1. The molecule has 5 nitrogen and oxygen atoms in total. The van der Waals surface area contributed by atoms with Crippen molar-refractivity contribution in [3.05, 3.63) is 60.1 Å². The van der Waals surface area contributed by atoms with Crippen LogP contribution in [0, 0.1) is 0 Å². The Labute approximate surface area is 185 Å². The molecule has 1 unspecified atom stereocenters. The van der Waals surface area contributed by atoms with Gasteiger partial charge in [-0.25, -0.2) is 9.37 Å². The molecule has 2 heterocycles. The van der Waals surface area contributed by atoms with Crippen molar-refractivity contribution in [3.8, 4) is 0 Å². The first kappa shape index (κ1) is 22.8. The van der Waals surface area contributed by atoms with Gasteiger partial charge in [0.15, 0.2) is 5.82 Å². The SMILES string of the molecule is C=C1CCC(CC2=CCC=C(F)C=C2)N1c1ccc(N(C)C(C)=O)c(N(CC)CC)n1. The molecule has 1 amide bonds. The van der Waals surface area contributed by atoms with E-state index in [0.717, 1.165) is 60.9 Å². The molecule has 3 rings (SSSR count). The Kier molecular flexibility index (Phi) is 7.31. The zero-order valence-corrected chi connectivity index (χ0v) is 19.1. The predicted octanol–water partition coefficient (Wildman–Crippen LogP) is 5.52. The Morgan fingerprint density at radius 3 is 2.68 bits per heavy atom. The lowest BCUT2D eigenvalue weighted by Gasteiger charge is -2.31. The van der Waals surface area contributed by atoms with Gasteiger partial charge in [0, 0.05) is 38.8 Å². The molecule has 1 aliphatic carbocycles. The maximum Gasteiger partial charge on any atom is 0.223 e. The molecule has 1 saturated heterocycles. The first-order valence-electron chi connectivity index (χ1n) is 11.1. The van der Waals surface area contributed by atoms with E-state index in [-0.39, 0.29) is 17.8 Å². The molecule has 6 heteroatoms. The number of carbonyl (C=O) groups is 1. The average Bonchev–Trinajstić information content (AvgIpc) is 2.98. The lowest BCUT2D eigenvalue weighted by molar-refractivity contribution is -0.116. The van der Waals surface area contributed by atoms with Gasteiger partial charge in [-0.2, -0.15) is 0 Å².